The normalized spacial score (nSPS) is 15.9. The van der Waals surface area contributed by atoms with E-state index in [1.807, 2.05) is 37.3 Å². The molecule has 0 radical (unpaired) electrons. The lowest BCUT2D eigenvalue weighted by atomic mass is 10.00. The van der Waals surface area contributed by atoms with Crippen molar-refractivity contribution in [1.82, 2.24) is 0 Å². The minimum absolute atomic E-state index is 0.130. The SMILES string of the molecule is CCOc1ccc2c(c1)C(c1ccc(Br)cc1)=NC(CC(=O)OC)C(=O)N2. The molecule has 0 aliphatic carbocycles. The average molecular weight is 431 g/mol. The second kappa shape index (κ2) is 8.35. The van der Waals surface area contributed by atoms with Crippen LogP contribution in [0.3, 0.4) is 0 Å². The van der Waals surface area contributed by atoms with Gasteiger partial charge in [0.1, 0.15) is 11.8 Å². The third-order valence-electron chi connectivity index (χ3n) is 4.11. The van der Waals surface area contributed by atoms with Crippen LogP contribution < -0.4 is 10.1 Å². The number of amides is 1. The number of esters is 1. The summed E-state index contributed by atoms with van der Waals surface area (Å²) in [6, 6.07) is 12.2. The van der Waals surface area contributed by atoms with Crippen molar-refractivity contribution in [2.24, 2.45) is 4.99 Å². The number of rotatable bonds is 5. The van der Waals surface area contributed by atoms with E-state index in [9.17, 15) is 9.59 Å². The van der Waals surface area contributed by atoms with Gasteiger partial charge in [-0.25, -0.2) is 0 Å². The summed E-state index contributed by atoms with van der Waals surface area (Å²) >= 11 is 3.42. The van der Waals surface area contributed by atoms with Crippen LogP contribution in [-0.4, -0.2) is 37.3 Å². The van der Waals surface area contributed by atoms with Crippen LogP contribution in [0.1, 0.15) is 24.5 Å². The van der Waals surface area contributed by atoms with Crippen molar-refractivity contribution in [1.29, 1.82) is 0 Å². The Kier molecular flexibility index (Phi) is 5.91. The molecule has 27 heavy (non-hydrogen) atoms. The van der Waals surface area contributed by atoms with E-state index in [1.54, 1.807) is 12.1 Å². The summed E-state index contributed by atoms with van der Waals surface area (Å²) in [6.07, 6.45) is -0.130. The molecule has 1 unspecified atom stereocenters. The summed E-state index contributed by atoms with van der Waals surface area (Å²) in [5, 5.41) is 2.86. The van der Waals surface area contributed by atoms with Gasteiger partial charge < -0.3 is 14.8 Å². The van der Waals surface area contributed by atoms with Gasteiger partial charge in [0, 0.05) is 15.6 Å². The molecule has 2 aromatic rings. The molecule has 1 atom stereocenters. The molecule has 0 saturated heterocycles. The monoisotopic (exact) mass is 430 g/mol. The van der Waals surface area contributed by atoms with E-state index in [0.29, 0.717) is 23.8 Å². The van der Waals surface area contributed by atoms with E-state index in [0.717, 1.165) is 15.6 Å². The van der Waals surface area contributed by atoms with E-state index in [-0.39, 0.29) is 12.3 Å². The molecule has 0 spiro atoms. The van der Waals surface area contributed by atoms with Gasteiger partial charge in [0.2, 0.25) is 5.91 Å². The summed E-state index contributed by atoms with van der Waals surface area (Å²) in [5.41, 5.74) is 2.81. The number of benzene rings is 2. The quantitative estimate of drug-likeness (QED) is 0.735. The first-order valence-corrected chi connectivity index (χ1v) is 9.29. The Labute approximate surface area is 165 Å². The van der Waals surface area contributed by atoms with Gasteiger partial charge >= 0.3 is 5.97 Å². The Morgan fingerprint density at radius 3 is 2.63 bits per heavy atom. The molecule has 0 aromatic heterocycles. The number of ether oxygens (including phenoxy) is 2. The largest absolute Gasteiger partial charge is 0.494 e. The number of fused-ring (bicyclic) bond motifs is 1. The fraction of sp³-hybridized carbons (Fsp3) is 0.250. The molecule has 6 nitrogen and oxygen atoms in total. The molecule has 0 fully saturated rings. The molecule has 1 aliphatic rings. The number of benzodiazepines with no additional fused rings is 1. The molecule has 1 amide bonds. The first-order valence-electron chi connectivity index (χ1n) is 8.50. The van der Waals surface area contributed by atoms with Crippen LogP contribution in [-0.2, 0) is 14.3 Å². The predicted octanol–water partition coefficient (Wildman–Crippen LogP) is 3.57. The van der Waals surface area contributed by atoms with Gasteiger partial charge in [-0.05, 0) is 37.3 Å². The Balaban J connectivity index is 2.13. The van der Waals surface area contributed by atoms with E-state index >= 15 is 0 Å². The highest BCUT2D eigenvalue weighted by Gasteiger charge is 2.28. The number of hydrogen-bond acceptors (Lipinski definition) is 5. The maximum atomic E-state index is 12.6. The minimum atomic E-state index is -0.876. The standard InChI is InChI=1S/C20H19BrN2O4/c1-3-27-14-8-9-16-15(10-14)19(12-4-6-13(21)7-5-12)22-17(20(25)23-16)11-18(24)26-2/h4-10,17H,3,11H2,1-2H3,(H,23,25). The van der Waals surface area contributed by atoms with Crippen LogP contribution in [0.25, 0.3) is 0 Å². The predicted molar refractivity (Wildman–Crippen MR) is 106 cm³/mol. The van der Waals surface area contributed by atoms with Gasteiger partial charge in [0.05, 0.1) is 31.5 Å². The van der Waals surface area contributed by atoms with Crippen molar-refractivity contribution in [3.63, 3.8) is 0 Å². The summed E-state index contributed by atoms with van der Waals surface area (Å²) in [5.74, 6) is -0.158. The van der Waals surface area contributed by atoms with Crippen LogP contribution in [0.5, 0.6) is 5.75 Å². The Morgan fingerprint density at radius 1 is 1.22 bits per heavy atom. The van der Waals surface area contributed by atoms with Crippen molar-refractivity contribution in [3.05, 3.63) is 58.1 Å². The third kappa shape index (κ3) is 4.36. The van der Waals surface area contributed by atoms with Crippen LogP contribution in [0.2, 0.25) is 0 Å². The van der Waals surface area contributed by atoms with Gasteiger partial charge in [-0.15, -0.1) is 0 Å². The summed E-state index contributed by atoms with van der Waals surface area (Å²) in [6.45, 7) is 2.43. The number of aliphatic imine (C=N–C) groups is 1. The van der Waals surface area contributed by atoms with Gasteiger partial charge in [0.15, 0.2) is 0 Å². The zero-order valence-corrected chi connectivity index (χ0v) is 16.6. The molecular formula is C20H19BrN2O4. The van der Waals surface area contributed by atoms with Crippen LogP contribution in [0.15, 0.2) is 51.9 Å². The van der Waals surface area contributed by atoms with Gasteiger partial charge in [-0.1, -0.05) is 28.1 Å². The highest BCUT2D eigenvalue weighted by molar-refractivity contribution is 9.10. The lowest BCUT2D eigenvalue weighted by Gasteiger charge is -2.12. The number of methoxy groups -OCH3 is 1. The summed E-state index contributed by atoms with van der Waals surface area (Å²) in [4.78, 5) is 29.0. The first-order chi connectivity index (χ1) is 13.0. The molecule has 1 heterocycles. The van der Waals surface area contributed by atoms with Crippen molar-refractivity contribution < 1.29 is 19.1 Å². The van der Waals surface area contributed by atoms with Gasteiger partial charge in [-0.2, -0.15) is 0 Å². The molecule has 7 heteroatoms. The molecule has 0 saturated carbocycles. The van der Waals surface area contributed by atoms with E-state index in [2.05, 4.69) is 26.2 Å². The van der Waals surface area contributed by atoms with Crippen molar-refractivity contribution >= 4 is 39.2 Å². The smallest absolute Gasteiger partial charge is 0.308 e. The van der Waals surface area contributed by atoms with Crippen molar-refractivity contribution in [2.45, 2.75) is 19.4 Å². The van der Waals surface area contributed by atoms with E-state index < -0.39 is 12.0 Å². The lowest BCUT2D eigenvalue weighted by molar-refractivity contribution is -0.142. The van der Waals surface area contributed by atoms with Gasteiger partial charge in [0.25, 0.3) is 0 Å². The molecule has 0 bridgehead atoms. The number of hydrogen-bond donors (Lipinski definition) is 1. The second-order valence-electron chi connectivity index (χ2n) is 5.91. The second-order valence-corrected chi connectivity index (χ2v) is 6.83. The van der Waals surface area contributed by atoms with Crippen molar-refractivity contribution in [3.8, 4) is 5.75 Å². The Morgan fingerprint density at radius 2 is 1.96 bits per heavy atom. The molecule has 140 valence electrons. The molecule has 1 N–H and O–H groups in total. The topological polar surface area (TPSA) is 77.0 Å². The molecule has 3 rings (SSSR count). The highest BCUT2D eigenvalue weighted by atomic mass is 79.9. The fourth-order valence-electron chi connectivity index (χ4n) is 2.80. The number of nitrogens with zero attached hydrogens (tertiary/aromatic N) is 1. The van der Waals surface area contributed by atoms with E-state index in [4.69, 9.17) is 9.47 Å². The van der Waals surface area contributed by atoms with Crippen LogP contribution in [0, 0.1) is 0 Å². The van der Waals surface area contributed by atoms with E-state index in [1.165, 1.54) is 7.11 Å². The summed E-state index contributed by atoms with van der Waals surface area (Å²) in [7, 11) is 1.29. The number of halogens is 1. The molecule has 1 aliphatic heterocycles. The minimum Gasteiger partial charge on any atom is -0.494 e. The highest BCUT2D eigenvalue weighted by Crippen LogP contribution is 2.29. The maximum Gasteiger partial charge on any atom is 0.308 e. The number of anilines is 1. The van der Waals surface area contributed by atoms with Crippen molar-refractivity contribution in [2.75, 3.05) is 19.0 Å². The molecular weight excluding hydrogens is 412 g/mol. The first kappa shape index (κ1) is 19.1. The average Bonchev–Trinajstić information content (AvgIpc) is 2.79. The zero-order chi connectivity index (χ0) is 19.4. The number of nitrogens with one attached hydrogen (secondary N) is 1. The Hall–Kier alpha value is -2.67. The van der Waals surface area contributed by atoms with Gasteiger partial charge in [-0.3, -0.25) is 14.6 Å². The fourth-order valence-corrected chi connectivity index (χ4v) is 3.07. The zero-order valence-electron chi connectivity index (χ0n) is 15.0. The Bertz CT molecular complexity index is 893. The number of carbonyl (C=O) groups excluding carboxylic acids is 2. The maximum absolute atomic E-state index is 12.6. The summed E-state index contributed by atoms with van der Waals surface area (Å²) < 4.78 is 11.2. The number of carbonyl (C=O) groups is 2. The van der Waals surface area contributed by atoms with Crippen LogP contribution >= 0.6 is 15.9 Å². The lowest BCUT2D eigenvalue weighted by Crippen LogP contribution is -2.28. The van der Waals surface area contributed by atoms with Crippen LogP contribution in [0.4, 0.5) is 5.69 Å². The third-order valence-corrected chi connectivity index (χ3v) is 4.64. The molecule has 2 aromatic carbocycles.